The van der Waals surface area contributed by atoms with Gasteiger partial charge < -0.3 is 15.3 Å². The summed E-state index contributed by atoms with van der Waals surface area (Å²) in [5, 5.41) is 29.1. The molecule has 0 bridgehead atoms. The number of rotatable bonds is 9. The SMILES string of the molecule is CCCCCC[C@H](O)C#C[C@@H]1[C@H]2C/C(=C/CCCC(=O)O)C[C@H]2C[C@H]1O. The molecule has 0 aliphatic heterocycles. The van der Waals surface area contributed by atoms with Crippen LogP contribution in [-0.2, 0) is 4.79 Å². The van der Waals surface area contributed by atoms with Crippen molar-refractivity contribution in [3.05, 3.63) is 11.6 Å². The highest BCUT2D eigenvalue weighted by Crippen LogP contribution is 2.49. The molecular weight excluding hydrogens is 328 g/mol. The number of aliphatic hydroxyl groups is 2. The molecule has 146 valence electrons. The largest absolute Gasteiger partial charge is 0.481 e. The van der Waals surface area contributed by atoms with Gasteiger partial charge in [-0.05, 0) is 56.8 Å². The Balaban J connectivity index is 1.82. The van der Waals surface area contributed by atoms with Crippen LogP contribution in [0.4, 0.5) is 0 Å². The lowest BCUT2D eigenvalue weighted by atomic mass is 9.91. The number of carboxylic acids is 1. The van der Waals surface area contributed by atoms with Crippen LogP contribution in [0.3, 0.4) is 0 Å². The van der Waals surface area contributed by atoms with Crippen LogP contribution in [0.5, 0.6) is 0 Å². The van der Waals surface area contributed by atoms with Crippen molar-refractivity contribution in [2.45, 2.75) is 89.8 Å². The van der Waals surface area contributed by atoms with E-state index >= 15 is 0 Å². The van der Waals surface area contributed by atoms with Crippen molar-refractivity contribution in [3.8, 4) is 11.8 Å². The van der Waals surface area contributed by atoms with E-state index in [0.29, 0.717) is 18.3 Å². The smallest absolute Gasteiger partial charge is 0.303 e. The van der Waals surface area contributed by atoms with Gasteiger partial charge in [0.2, 0.25) is 0 Å². The Morgan fingerprint density at radius 3 is 2.81 bits per heavy atom. The molecule has 0 unspecified atom stereocenters. The Kier molecular flexibility index (Phi) is 8.68. The van der Waals surface area contributed by atoms with E-state index in [2.05, 4.69) is 24.8 Å². The van der Waals surface area contributed by atoms with E-state index in [1.54, 1.807) is 0 Å². The number of hydrogen-bond donors (Lipinski definition) is 3. The zero-order valence-corrected chi connectivity index (χ0v) is 16.0. The Bertz CT molecular complexity index is 542. The number of fused-ring (bicyclic) bond motifs is 1. The van der Waals surface area contributed by atoms with Crippen molar-refractivity contribution in [3.63, 3.8) is 0 Å². The van der Waals surface area contributed by atoms with Gasteiger partial charge >= 0.3 is 5.97 Å². The standard InChI is InChI=1S/C22H34O4/c1-2-3-4-5-9-18(23)11-12-19-20-14-16(8-6-7-10-22(25)26)13-17(20)15-21(19)24/h8,17-21,23-24H,2-7,9-10,13-15H2,1H3,(H,25,26)/b16-8+/t17-,18-,19+,20-,21+/m0/s1. The number of aliphatic hydroxyl groups excluding tert-OH is 2. The van der Waals surface area contributed by atoms with E-state index in [9.17, 15) is 15.0 Å². The first-order valence-electron chi connectivity index (χ1n) is 10.3. The van der Waals surface area contributed by atoms with E-state index in [0.717, 1.165) is 44.9 Å². The monoisotopic (exact) mass is 362 g/mol. The number of carboxylic acid groups (broad SMARTS) is 1. The van der Waals surface area contributed by atoms with E-state index in [4.69, 9.17) is 5.11 Å². The minimum Gasteiger partial charge on any atom is -0.481 e. The number of unbranched alkanes of at least 4 members (excludes halogenated alkanes) is 4. The fourth-order valence-corrected chi connectivity index (χ4v) is 4.42. The fraction of sp³-hybridized carbons (Fsp3) is 0.773. The molecule has 0 aromatic carbocycles. The van der Waals surface area contributed by atoms with Gasteiger partial charge in [0.25, 0.3) is 0 Å². The normalized spacial score (nSPS) is 30.0. The maximum absolute atomic E-state index is 10.6. The predicted molar refractivity (Wildman–Crippen MR) is 102 cm³/mol. The lowest BCUT2D eigenvalue weighted by Gasteiger charge is -2.15. The van der Waals surface area contributed by atoms with E-state index in [1.807, 2.05) is 0 Å². The summed E-state index contributed by atoms with van der Waals surface area (Å²) >= 11 is 0. The number of hydrogen-bond acceptors (Lipinski definition) is 3. The van der Waals surface area contributed by atoms with Crippen LogP contribution in [0.1, 0.15) is 77.6 Å². The molecule has 0 aromatic rings. The van der Waals surface area contributed by atoms with Gasteiger partial charge in [-0.1, -0.05) is 49.7 Å². The first-order valence-corrected chi connectivity index (χ1v) is 10.3. The van der Waals surface area contributed by atoms with Crippen molar-refractivity contribution in [2.24, 2.45) is 17.8 Å². The minimum atomic E-state index is -0.738. The third-order valence-corrected chi connectivity index (χ3v) is 5.82. The Morgan fingerprint density at radius 1 is 1.27 bits per heavy atom. The molecule has 2 saturated carbocycles. The number of allylic oxidation sites excluding steroid dienone is 2. The van der Waals surface area contributed by atoms with Crippen molar-refractivity contribution in [1.29, 1.82) is 0 Å². The average molecular weight is 363 g/mol. The van der Waals surface area contributed by atoms with E-state index in [1.165, 1.54) is 18.4 Å². The number of carbonyl (C=O) groups is 1. The van der Waals surface area contributed by atoms with Gasteiger partial charge in [-0.25, -0.2) is 0 Å². The molecule has 0 saturated heterocycles. The topological polar surface area (TPSA) is 77.8 Å². The van der Waals surface area contributed by atoms with Crippen LogP contribution in [0.15, 0.2) is 11.6 Å². The molecule has 4 nitrogen and oxygen atoms in total. The molecule has 2 fully saturated rings. The molecule has 0 aromatic heterocycles. The van der Waals surface area contributed by atoms with Gasteiger partial charge in [-0.15, -0.1) is 0 Å². The maximum Gasteiger partial charge on any atom is 0.303 e. The van der Waals surface area contributed by atoms with E-state index < -0.39 is 12.1 Å². The van der Waals surface area contributed by atoms with Gasteiger partial charge in [0.05, 0.1) is 6.10 Å². The van der Waals surface area contributed by atoms with Crippen molar-refractivity contribution in [1.82, 2.24) is 0 Å². The zero-order valence-electron chi connectivity index (χ0n) is 16.0. The quantitative estimate of drug-likeness (QED) is 0.330. The summed E-state index contributed by atoms with van der Waals surface area (Å²) in [4.78, 5) is 10.6. The molecule has 0 spiro atoms. The highest BCUT2D eigenvalue weighted by Gasteiger charge is 2.45. The molecule has 5 atom stereocenters. The summed E-state index contributed by atoms with van der Waals surface area (Å²) in [5.41, 5.74) is 1.39. The third kappa shape index (κ3) is 6.45. The van der Waals surface area contributed by atoms with Crippen LogP contribution >= 0.6 is 0 Å². The predicted octanol–water partition coefficient (Wildman–Crippen LogP) is 3.91. The Labute approximate surface area is 157 Å². The van der Waals surface area contributed by atoms with Gasteiger partial charge in [0.15, 0.2) is 0 Å². The molecule has 0 radical (unpaired) electrons. The highest BCUT2D eigenvalue weighted by molar-refractivity contribution is 5.66. The molecule has 0 heterocycles. The fourth-order valence-electron chi connectivity index (χ4n) is 4.42. The highest BCUT2D eigenvalue weighted by atomic mass is 16.4. The molecule has 2 aliphatic rings. The zero-order chi connectivity index (χ0) is 18.9. The molecule has 4 heteroatoms. The van der Waals surface area contributed by atoms with E-state index in [-0.39, 0.29) is 18.4 Å². The Hall–Kier alpha value is -1.31. The summed E-state index contributed by atoms with van der Waals surface area (Å²) < 4.78 is 0. The second-order valence-corrected chi connectivity index (χ2v) is 7.96. The first kappa shape index (κ1) is 21.0. The van der Waals surface area contributed by atoms with Crippen LogP contribution in [0, 0.1) is 29.6 Å². The van der Waals surface area contributed by atoms with Gasteiger partial charge in [0, 0.05) is 12.3 Å². The second-order valence-electron chi connectivity index (χ2n) is 7.96. The summed E-state index contributed by atoms with van der Waals surface area (Å²) in [6.45, 7) is 2.17. The molecule has 3 N–H and O–H groups in total. The van der Waals surface area contributed by atoms with Gasteiger partial charge in [-0.3, -0.25) is 4.79 Å². The first-order chi connectivity index (χ1) is 12.5. The molecule has 26 heavy (non-hydrogen) atoms. The maximum atomic E-state index is 10.6. The van der Waals surface area contributed by atoms with Crippen LogP contribution < -0.4 is 0 Å². The second kappa shape index (κ2) is 10.7. The lowest BCUT2D eigenvalue weighted by Crippen LogP contribution is -2.18. The van der Waals surface area contributed by atoms with Gasteiger partial charge in [0.1, 0.15) is 6.10 Å². The number of aliphatic carboxylic acids is 1. The summed E-state index contributed by atoms with van der Waals surface area (Å²) in [6, 6.07) is 0. The van der Waals surface area contributed by atoms with Crippen molar-refractivity contribution in [2.75, 3.05) is 0 Å². The van der Waals surface area contributed by atoms with Crippen LogP contribution in [-0.4, -0.2) is 33.5 Å². The molecule has 0 amide bonds. The summed E-state index contributed by atoms with van der Waals surface area (Å²) in [7, 11) is 0. The van der Waals surface area contributed by atoms with Gasteiger partial charge in [-0.2, -0.15) is 0 Å². The summed E-state index contributed by atoms with van der Waals surface area (Å²) in [6.07, 6.45) is 11.0. The van der Waals surface area contributed by atoms with Crippen molar-refractivity contribution < 1.29 is 20.1 Å². The van der Waals surface area contributed by atoms with Crippen molar-refractivity contribution >= 4 is 5.97 Å². The Morgan fingerprint density at radius 2 is 2.08 bits per heavy atom. The molecule has 2 rings (SSSR count). The van der Waals surface area contributed by atoms with Crippen LogP contribution in [0.2, 0.25) is 0 Å². The molecular formula is C22H34O4. The third-order valence-electron chi connectivity index (χ3n) is 5.82. The average Bonchev–Trinajstić information content (AvgIpc) is 3.10. The lowest BCUT2D eigenvalue weighted by molar-refractivity contribution is -0.137. The minimum absolute atomic E-state index is 0.0322. The van der Waals surface area contributed by atoms with Crippen LogP contribution in [0.25, 0.3) is 0 Å². The summed E-state index contributed by atoms with van der Waals surface area (Å²) in [5.74, 6) is 6.27. The molecule has 2 aliphatic carbocycles.